The lowest BCUT2D eigenvalue weighted by atomic mass is 10.1. The number of rotatable bonds is 1. The topological polar surface area (TPSA) is 45.2 Å². The summed E-state index contributed by atoms with van der Waals surface area (Å²) in [6.45, 7) is 3.63. The van der Waals surface area contributed by atoms with Crippen molar-refractivity contribution in [2.24, 2.45) is 0 Å². The minimum absolute atomic E-state index is 0.122. The highest BCUT2D eigenvalue weighted by Crippen LogP contribution is 2.21. The van der Waals surface area contributed by atoms with E-state index in [1.165, 1.54) is 12.8 Å². The second-order valence-electron chi connectivity index (χ2n) is 5.37. The highest BCUT2D eigenvalue weighted by Gasteiger charge is 2.31. The van der Waals surface area contributed by atoms with Crippen molar-refractivity contribution in [2.45, 2.75) is 38.3 Å². The van der Waals surface area contributed by atoms with E-state index < -0.39 is 0 Å². The summed E-state index contributed by atoms with van der Waals surface area (Å²) in [4.78, 5) is 18.6. The third-order valence-electron chi connectivity index (χ3n) is 3.97. The van der Waals surface area contributed by atoms with Gasteiger partial charge >= 0.3 is 0 Å². The number of nitrogens with zero attached hydrogens (tertiary/aromatic N) is 2. The Balaban J connectivity index is 1.74. The molecule has 96 valence electrons. The Morgan fingerprint density at radius 3 is 2.94 bits per heavy atom. The van der Waals surface area contributed by atoms with E-state index in [1.54, 1.807) is 6.20 Å². The average molecular weight is 245 g/mol. The largest absolute Gasteiger partial charge is 0.337 e. The first-order valence-corrected chi connectivity index (χ1v) is 6.70. The molecule has 3 rings (SSSR count). The molecule has 1 aromatic rings. The highest BCUT2D eigenvalue weighted by molar-refractivity contribution is 5.94. The molecule has 4 nitrogen and oxygen atoms in total. The summed E-state index contributed by atoms with van der Waals surface area (Å²) in [5.41, 5.74) is 1.65. The lowest BCUT2D eigenvalue weighted by molar-refractivity contribution is 0.0747. The lowest BCUT2D eigenvalue weighted by Gasteiger charge is -2.24. The normalized spacial score (nSPS) is 27.1. The fraction of sp³-hybridized carbons (Fsp3) is 0.571. The number of carbonyl (C=O) groups is 1. The summed E-state index contributed by atoms with van der Waals surface area (Å²) in [7, 11) is 0. The van der Waals surface area contributed by atoms with Gasteiger partial charge in [-0.05, 0) is 38.3 Å². The number of fused-ring (bicyclic) bond motifs is 2. The van der Waals surface area contributed by atoms with Gasteiger partial charge in [-0.15, -0.1) is 0 Å². The maximum atomic E-state index is 12.4. The fourth-order valence-electron chi connectivity index (χ4n) is 2.90. The monoisotopic (exact) mass is 245 g/mol. The Hall–Kier alpha value is -1.42. The van der Waals surface area contributed by atoms with Gasteiger partial charge in [-0.3, -0.25) is 9.78 Å². The fourth-order valence-corrected chi connectivity index (χ4v) is 2.90. The van der Waals surface area contributed by atoms with Gasteiger partial charge in [0.2, 0.25) is 0 Å². The molecule has 0 spiro atoms. The molecule has 4 heteroatoms. The van der Waals surface area contributed by atoms with Crippen molar-refractivity contribution in [2.75, 3.05) is 13.1 Å². The summed E-state index contributed by atoms with van der Waals surface area (Å²) in [6, 6.07) is 4.88. The van der Waals surface area contributed by atoms with Gasteiger partial charge in [0.25, 0.3) is 5.91 Å². The van der Waals surface area contributed by atoms with Crippen LogP contribution in [0.4, 0.5) is 0 Å². The Bertz CT molecular complexity index is 443. The van der Waals surface area contributed by atoms with Gasteiger partial charge in [0, 0.05) is 37.1 Å². The van der Waals surface area contributed by atoms with Gasteiger partial charge in [0.05, 0.1) is 5.56 Å². The predicted octanol–water partition coefficient (Wildman–Crippen LogP) is 1.36. The number of carbonyl (C=O) groups excluding carboxylic acids is 1. The van der Waals surface area contributed by atoms with Crippen LogP contribution >= 0.6 is 0 Å². The van der Waals surface area contributed by atoms with Gasteiger partial charge < -0.3 is 10.2 Å². The number of aryl methyl sites for hydroxylation is 1. The molecule has 2 bridgehead atoms. The first kappa shape index (κ1) is 11.7. The first-order valence-electron chi connectivity index (χ1n) is 6.70. The lowest BCUT2D eigenvalue weighted by Crippen LogP contribution is -2.39. The predicted molar refractivity (Wildman–Crippen MR) is 69.4 cm³/mol. The summed E-state index contributed by atoms with van der Waals surface area (Å²) in [5.74, 6) is 0.122. The molecule has 0 radical (unpaired) electrons. The van der Waals surface area contributed by atoms with E-state index in [2.05, 4.69) is 10.3 Å². The van der Waals surface area contributed by atoms with Crippen LogP contribution in [-0.4, -0.2) is 41.0 Å². The molecule has 2 aliphatic rings. The minimum atomic E-state index is 0.122. The molecule has 18 heavy (non-hydrogen) atoms. The number of pyridine rings is 1. The van der Waals surface area contributed by atoms with Crippen molar-refractivity contribution in [1.29, 1.82) is 0 Å². The van der Waals surface area contributed by atoms with Crippen LogP contribution in [0.15, 0.2) is 18.3 Å². The molecule has 1 aromatic heterocycles. The van der Waals surface area contributed by atoms with Crippen LogP contribution in [0.1, 0.15) is 35.3 Å². The van der Waals surface area contributed by atoms with Gasteiger partial charge in [0.1, 0.15) is 0 Å². The van der Waals surface area contributed by atoms with E-state index in [9.17, 15) is 4.79 Å². The van der Waals surface area contributed by atoms with Crippen molar-refractivity contribution in [1.82, 2.24) is 15.2 Å². The van der Waals surface area contributed by atoms with Crippen molar-refractivity contribution in [3.8, 4) is 0 Å². The van der Waals surface area contributed by atoms with Gasteiger partial charge in [-0.2, -0.15) is 0 Å². The smallest absolute Gasteiger partial charge is 0.255 e. The zero-order valence-corrected chi connectivity index (χ0v) is 10.7. The molecule has 2 unspecified atom stereocenters. The molecule has 0 aliphatic carbocycles. The SMILES string of the molecule is Cc1ccc(C(=O)N2CCC3CCC(C2)N3)cn1. The Morgan fingerprint density at radius 1 is 1.33 bits per heavy atom. The van der Waals surface area contributed by atoms with E-state index in [-0.39, 0.29) is 5.91 Å². The Kier molecular flexibility index (Phi) is 3.04. The molecule has 0 saturated carbocycles. The van der Waals surface area contributed by atoms with E-state index in [0.717, 1.165) is 25.2 Å². The number of aromatic nitrogens is 1. The van der Waals surface area contributed by atoms with E-state index in [0.29, 0.717) is 17.6 Å². The van der Waals surface area contributed by atoms with E-state index in [4.69, 9.17) is 0 Å². The third kappa shape index (κ3) is 2.25. The van der Waals surface area contributed by atoms with Crippen molar-refractivity contribution in [3.05, 3.63) is 29.6 Å². The summed E-state index contributed by atoms with van der Waals surface area (Å²) >= 11 is 0. The zero-order chi connectivity index (χ0) is 12.5. The molecular weight excluding hydrogens is 226 g/mol. The summed E-state index contributed by atoms with van der Waals surface area (Å²) < 4.78 is 0. The molecule has 3 heterocycles. The second-order valence-corrected chi connectivity index (χ2v) is 5.37. The van der Waals surface area contributed by atoms with Crippen LogP contribution in [0.25, 0.3) is 0 Å². The van der Waals surface area contributed by atoms with E-state index in [1.807, 2.05) is 24.0 Å². The molecule has 2 aliphatic heterocycles. The minimum Gasteiger partial charge on any atom is -0.337 e. The van der Waals surface area contributed by atoms with Crippen molar-refractivity contribution < 1.29 is 4.79 Å². The molecular formula is C14H19N3O. The first-order chi connectivity index (χ1) is 8.72. The van der Waals surface area contributed by atoms with Gasteiger partial charge in [-0.25, -0.2) is 0 Å². The molecule has 1 amide bonds. The van der Waals surface area contributed by atoms with Crippen molar-refractivity contribution in [3.63, 3.8) is 0 Å². The highest BCUT2D eigenvalue weighted by atomic mass is 16.2. The van der Waals surface area contributed by atoms with Crippen LogP contribution in [0.3, 0.4) is 0 Å². The summed E-state index contributed by atoms with van der Waals surface area (Å²) in [5, 5.41) is 3.59. The molecule has 0 aromatic carbocycles. The quantitative estimate of drug-likeness (QED) is 0.812. The van der Waals surface area contributed by atoms with Crippen LogP contribution in [0.5, 0.6) is 0 Å². The molecule has 2 atom stereocenters. The Labute approximate surface area is 107 Å². The maximum absolute atomic E-state index is 12.4. The van der Waals surface area contributed by atoms with Crippen LogP contribution in [-0.2, 0) is 0 Å². The number of nitrogens with one attached hydrogen (secondary N) is 1. The van der Waals surface area contributed by atoms with Crippen LogP contribution in [0.2, 0.25) is 0 Å². The third-order valence-corrected chi connectivity index (χ3v) is 3.97. The molecule has 1 N–H and O–H groups in total. The number of likely N-dealkylation sites (tertiary alicyclic amines) is 1. The molecule has 2 fully saturated rings. The van der Waals surface area contributed by atoms with Crippen molar-refractivity contribution >= 4 is 5.91 Å². The number of hydrogen-bond acceptors (Lipinski definition) is 3. The number of amides is 1. The molecule has 2 saturated heterocycles. The average Bonchev–Trinajstić information content (AvgIpc) is 2.69. The van der Waals surface area contributed by atoms with Crippen LogP contribution < -0.4 is 5.32 Å². The second kappa shape index (κ2) is 4.69. The summed E-state index contributed by atoms with van der Waals surface area (Å²) in [6.07, 6.45) is 5.22. The maximum Gasteiger partial charge on any atom is 0.255 e. The van der Waals surface area contributed by atoms with E-state index >= 15 is 0 Å². The Morgan fingerprint density at radius 2 is 2.17 bits per heavy atom. The van der Waals surface area contributed by atoms with Crippen LogP contribution in [0, 0.1) is 6.92 Å². The van der Waals surface area contributed by atoms with Gasteiger partial charge in [-0.1, -0.05) is 0 Å². The zero-order valence-electron chi connectivity index (χ0n) is 10.7. The standard InChI is InChI=1S/C14H19N3O/c1-10-2-3-11(8-15-10)14(18)17-7-6-12-4-5-13(9-17)16-12/h2-3,8,12-13,16H,4-7,9H2,1H3. The number of hydrogen-bond donors (Lipinski definition) is 1. The van der Waals surface area contributed by atoms with Gasteiger partial charge in [0.15, 0.2) is 0 Å².